The molecule has 1 aliphatic heterocycles. The van der Waals surface area contributed by atoms with Crippen LogP contribution in [0.3, 0.4) is 0 Å². The molecule has 2 fully saturated rings. The second kappa shape index (κ2) is 6.02. The van der Waals surface area contributed by atoms with Crippen molar-refractivity contribution in [3.63, 3.8) is 0 Å². The van der Waals surface area contributed by atoms with Crippen LogP contribution in [0.15, 0.2) is 11.6 Å². The van der Waals surface area contributed by atoms with Gasteiger partial charge in [0.25, 0.3) is 0 Å². The lowest BCUT2D eigenvalue weighted by Gasteiger charge is -2.53. The summed E-state index contributed by atoms with van der Waals surface area (Å²) in [5.74, 6) is 0.608. The molecule has 130 valence electrons. The molecule has 0 aromatic rings. The molecule has 2 aliphatic carbocycles. The van der Waals surface area contributed by atoms with Crippen LogP contribution in [0.5, 0.6) is 0 Å². The average Bonchev–Trinajstić information content (AvgIpc) is 2.58. The van der Waals surface area contributed by atoms with E-state index in [0.717, 1.165) is 38.6 Å². The summed E-state index contributed by atoms with van der Waals surface area (Å²) in [6.07, 6.45) is 8.27. The van der Waals surface area contributed by atoms with Gasteiger partial charge in [-0.1, -0.05) is 46.1 Å². The molecule has 1 saturated heterocycles. The normalized spacial score (nSPS) is 33.4. The van der Waals surface area contributed by atoms with Gasteiger partial charge in [0.15, 0.2) is 5.78 Å². The van der Waals surface area contributed by atoms with Crippen molar-refractivity contribution in [1.82, 2.24) is 4.90 Å². The van der Waals surface area contributed by atoms with Crippen molar-refractivity contribution in [2.24, 2.45) is 22.7 Å². The Hall–Kier alpha value is -1.63. The number of rotatable bonds is 1. The molecule has 0 radical (unpaired) electrons. The fraction of sp³-hybridized carbons (Fsp3) is 0.750. The van der Waals surface area contributed by atoms with Crippen LogP contribution in [0.1, 0.15) is 59.3 Å². The molecule has 0 bridgehead atoms. The molecule has 4 heteroatoms. The first-order valence-electron chi connectivity index (χ1n) is 9.26. The lowest BCUT2D eigenvalue weighted by molar-refractivity contribution is -0.144. The lowest BCUT2D eigenvalue weighted by atomic mass is 9.55. The quantitative estimate of drug-likeness (QED) is 0.740. The minimum atomic E-state index is -0.533. The van der Waals surface area contributed by atoms with Gasteiger partial charge in [0.05, 0.1) is 5.57 Å². The van der Waals surface area contributed by atoms with Crippen LogP contribution < -0.4 is 0 Å². The number of amides is 1. The van der Waals surface area contributed by atoms with Gasteiger partial charge in [-0.25, -0.2) is 0 Å². The summed E-state index contributed by atoms with van der Waals surface area (Å²) in [4.78, 5) is 27.5. The van der Waals surface area contributed by atoms with Gasteiger partial charge in [-0.05, 0) is 25.2 Å². The van der Waals surface area contributed by atoms with Gasteiger partial charge >= 0.3 is 0 Å². The molecule has 1 unspecified atom stereocenters. The first-order chi connectivity index (χ1) is 11.3. The van der Waals surface area contributed by atoms with Crippen molar-refractivity contribution in [3.8, 4) is 6.07 Å². The van der Waals surface area contributed by atoms with E-state index in [9.17, 15) is 14.9 Å². The topological polar surface area (TPSA) is 61.2 Å². The summed E-state index contributed by atoms with van der Waals surface area (Å²) in [7, 11) is 0. The van der Waals surface area contributed by atoms with E-state index in [1.54, 1.807) is 0 Å². The number of carbonyl (C=O) groups excluding carboxylic acids is 2. The summed E-state index contributed by atoms with van der Waals surface area (Å²) < 4.78 is 0. The van der Waals surface area contributed by atoms with E-state index in [1.807, 2.05) is 24.8 Å². The fourth-order valence-corrected chi connectivity index (χ4v) is 5.33. The number of ketones is 1. The number of likely N-dealkylation sites (tertiary alicyclic amines) is 1. The van der Waals surface area contributed by atoms with Crippen LogP contribution in [0.4, 0.5) is 0 Å². The van der Waals surface area contributed by atoms with Crippen LogP contribution in [-0.2, 0) is 9.59 Å². The number of hydrogen-bond acceptors (Lipinski definition) is 3. The van der Waals surface area contributed by atoms with Gasteiger partial charge in [-0.2, -0.15) is 5.26 Å². The largest absolute Gasteiger partial charge is 0.342 e. The summed E-state index contributed by atoms with van der Waals surface area (Å²) in [5.41, 5.74) is -0.551. The standard InChI is InChI=1S/C20H28N2O2/c1-19(2)16-9-10-22(18(24)14-7-5-4-6-8-14)13-20(16,3)11-15(12-21)17(19)23/h11,14,16H,4-10,13H2,1-3H3/t16?,20-/m0/s1. The van der Waals surface area contributed by atoms with Crippen molar-refractivity contribution in [3.05, 3.63) is 11.6 Å². The predicted octanol–water partition coefficient (Wildman–Crippen LogP) is 3.48. The molecule has 0 aromatic heterocycles. The number of piperidine rings is 1. The maximum atomic E-state index is 12.9. The zero-order valence-corrected chi connectivity index (χ0v) is 15.1. The number of allylic oxidation sites excluding steroid dienone is 1. The average molecular weight is 328 g/mol. The Bertz CT molecular complexity index is 622. The molecule has 1 amide bonds. The highest BCUT2D eigenvalue weighted by atomic mass is 16.2. The second-order valence-electron chi connectivity index (χ2n) is 8.66. The van der Waals surface area contributed by atoms with Crippen LogP contribution in [0.2, 0.25) is 0 Å². The number of hydrogen-bond donors (Lipinski definition) is 0. The van der Waals surface area contributed by atoms with Crippen molar-refractivity contribution < 1.29 is 9.59 Å². The van der Waals surface area contributed by atoms with Crippen LogP contribution >= 0.6 is 0 Å². The third-order valence-electron chi connectivity index (χ3n) is 6.58. The summed E-state index contributed by atoms with van der Waals surface area (Å²) in [5, 5.41) is 9.36. The number of carbonyl (C=O) groups is 2. The number of Topliss-reactive ketones (excluding diaryl/α,β-unsaturated/α-hetero) is 1. The molecule has 2 atom stereocenters. The third-order valence-corrected chi connectivity index (χ3v) is 6.58. The summed E-state index contributed by atoms with van der Waals surface area (Å²) in [6.45, 7) is 7.41. The molecule has 1 heterocycles. The zero-order chi connectivity index (χ0) is 17.5. The highest BCUT2D eigenvalue weighted by molar-refractivity contribution is 6.04. The molecule has 1 saturated carbocycles. The molecule has 3 aliphatic rings. The van der Waals surface area contributed by atoms with Crippen LogP contribution in [0, 0.1) is 34.0 Å². The van der Waals surface area contributed by atoms with E-state index in [-0.39, 0.29) is 34.5 Å². The van der Waals surface area contributed by atoms with E-state index in [1.165, 1.54) is 6.42 Å². The molecule has 0 N–H and O–H groups in total. The van der Waals surface area contributed by atoms with Gasteiger partial charge in [0.2, 0.25) is 5.91 Å². The van der Waals surface area contributed by atoms with E-state index < -0.39 is 5.41 Å². The van der Waals surface area contributed by atoms with E-state index in [0.29, 0.717) is 6.54 Å². The molecule has 4 nitrogen and oxygen atoms in total. The summed E-state index contributed by atoms with van der Waals surface area (Å²) in [6, 6.07) is 2.08. The minimum absolute atomic E-state index is 0.0421. The third kappa shape index (κ3) is 2.68. The second-order valence-corrected chi connectivity index (χ2v) is 8.66. The molecular weight excluding hydrogens is 300 g/mol. The molecule has 0 spiro atoms. The van der Waals surface area contributed by atoms with Crippen molar-refractivity contribution in [2.45, 2.75) is 59.3 Å². The molecular formula is C20H28N2O2. The predicted molar refractivity (Wildman–Crippen MR) is 91.9 cm³/mol. The van der Waals surface area contributed by atoms with Crippen molar-refractivity contribution in [2.75, 3.05) is 13.1 Å². The minimum Gasteiger partial charge on any atom is -0.342 e. The Labute approximate surface area is 144 Å². The number of fused-ring (bicyclic) bond motifs is 1. The highest BCUT2D eigenvalue weighted by Gasteiger charge is 2.54. The Balaban J connectivity index is 1.85. The molecule has 24 heavy (non-hydrogen) atoms. The fourth-order valence-electron chi connectivity index (χ4n) is 5.33. The van der Waals surface area contributed by atoms with E-state index in [4.69, 9.17) is 0 Å². The molecule has 3 rings (SSSR count). The van der Waals surface area contributed by atoms with Crippen LogP contribution in [-0.4, -0.2) is 29.7 Å². The maximum Gasteiger partial charge on any atom is 0.225 e. The molecule has 0 aromatic carbocycles. The van der Waals surface area contributed by atoms with Crippen LogP contribution in [0.25, 0.3) is 0 Å². The van der Waals surface area contributed by atoms with Gasteiger partial charge in [-0.3, -0.25) is 9.59 Å². The Morgan fingerprint density at radius 3 is 2.50 bits per heavy atom. The number of nitrogens with zero attached hydrogens (tertiary/aromatic N) is 2. The maximum absolute atomic E-state index is 12.9. The van der Waals surface area contributed by atoms with E-state index >= 15 is 0 Å². The highest BCUT2D eigenvalue weighted by Crippen LogP contribution is 2.52. The SMILES string of the molecule is CC1(C)C(=O)C(C#N)=C[C@@]2(C)CN(C(=O)C3CCCCC3)CCC12. The Morgan fingerprint density at radius 2 is 1.88 bits per heavy atom. The first-order valence-corrected chi connectivity index (χ1v) is 9.26. The Kier molecular flexibility index (Phi) is 4.32. The van der Waals surface area contributed by atoms with Gasteiger partial charge in [0.1, 0.15) is 6.07 Å². The van der Waals surface area contributed by atoms with Gasteiger partial charge in [-0.15, -0.1) is 0 Å². The van der Waals surface area contributed by atoms with Gasteiger partial charge in [0, 0.05) is 29.8 Å². The van der Waals surface area contributed by atoms with Crippen molar-refractivity contribution in [1.29, 1.82) is 5.26 Å². The first kappa shape index (κ1) is 17.2. The Morgan fingerprint density at radius 1 is 1.21 bits per heavy atom. The number of nitriles is 1. The summed E-state index contributed by atoms with van der Waals surface area (Å²) >= 11 is 0. The zero-order valence-electron chi connectivity index (χ0n) is 15.1. The van der Waals surface area contributed by atoms with Gasteiger partial charge < -0.3 is 4.90 Å². The van der Waals surface area contributed by atoms with E-state index in [2.05, 4.69) is 13.0 Å². The van der Waals surface area contributed by atoms with Crippen molar-refractivity contribution >= 4 is 11.7 Å². The monoisotopic (exact) mass is 328 g/mol. The lowest BCUT2D eigenvalue weighted by Crippen LogP contribution is -2.57. The smallest absolute Gasteiger partial charge is 0.225 e.